The molecule has 0 spiro atoms. The fourth-order valence-corrected chi connectivity index (χ4v) is 4.15. The normalized spacial score (nSPS) is 23.1. The Balaban J connectivity index is 1.66. The van der Waals surface area contributed by atoms with Crippen LogP contribution in [0.3, 0.4) is 0 Å². The Hall–Kier alpha value is -0.940. The summed E-state index contributed by atoms with van der Waals surface area (Å²) in [5.41, 5.74) is 2.49. The van der Waals surface area contributed by atoms with Gasteiger partial charge in [0.05, 0.1) is 6.61 Å². The summed E-state index contributed by atoms with van der Waals surface area (Å²) in [5.74, 6) is 0. The fraction of sp³-hybridized carbons (Fsp3) is 0.700. The van der Waals surface area contributed by atoms with Gasteiger partial charge in [0.25, 0.3) is 0 Å². The highest BCUT2D eigenvalue weighted by Gasteiger charge is 2.38. The molecule has 0 bridgehead atoms. The van der Waals surface area contributed by atoms with Crippen LogP contribution in [0.1, 0.15) is 56.2 Å². The van der Waals surface area contributed by atoms with Crippen molar-refractivity contribution in [3.8, 4) is 0 Å². The number of rotatable bonds is 6. The number of aliphatic hydroxyl groups is 1. The molecule has 1 aromatic rings. The third kappa shape index (κ3) is 4.17. The molecule has 0 aliphatic carbocycles. The van der Waals surface area contributed by atoms with Crippen molar-refractivity contribution in [2.24, 2.45) is 0 Å². The second kappa shape index (κ2) is 8.43. The number of ether oxygens (including phenoxy) is 1. The molecule has 0 amide bonds. The van der Waals surface area contributed by atoms with Crippen molar-refractivity contribution >= 4 is 0 Å². The average molecular weight is 332 g/mol. The summed E-state index contributed by atoms with van der Waals surface area (Å²) >= 11 is 0. The first-order valence-electron chi connectivity index (χ1n) is 9.49. The van der Waals surface area contributed by atoms with E-state index in [9.17, 15) is 5.11 Å². The molecular weight excluding hydrogens is 300 g/mol. The van der Waals surface area contributed by atoms with Crippen LogP contribution in [-0.4, -0.2) is 48.4 Å². The van der Waals surface area contributed by atoms with Gasteiger partial charge in [-0.25, -0.2) is 0 Å². The molecule has 4 nitrogen and oxygen atoms in total. The molecule has 3 rings (SSSR count). The van der Waals surface area contributed by atoms with Gasteiger partial charge in [-0.05, 0) is 56.8 Å². The van der Waals surface area contributed by atoms with Crippen molar-refractivity contribution in [3.63, 3.8) is 0 Å². The molecule has 2 N–H and O–H groups in total. The molecule has 2 heterocycles. The number of hydrogen-bond donors (Lipinski definition) is 2. The summed E-state index contributed by atoms with van der Waals surface area (Å²) in [6.45, 7) is 7.57. The lowest BCUT2D eigenvalue weighted by atomic mass is 9.85. The highest BCUT2D eigenvalue weighted by molar-refractivity contribution is 5.25. The van der Waals surface area contributed by atoms with E-state index in [4.69, 9.17) is 4.74 Å². The third-order valence-corrected chi connectivity index (χ3v) is 5.82. The molecule has 1 aromatic carbocycles. The van der Waals surface area contributed by atoms with Crippen molar-refractivity contribution in [2.75, 3.05) is 32.8 Å². The predicted octanol–water partition coefficient (Wildman–Crippen LogP) is 2.86. The van der Waals surface area contributed by atoms with E-state index in [0.29, 0.717) is 6.04 Å². The molecule has 0 aromatic heterocycles. The summed E-state index contributed by atoms with van der Waals surface area (Å²) in [6.07, 6.45) is 6.29. The summed E-state index contributed by atoms with van der Waals surface area (Å²) in [5, 5.41) is 13.1. The largest absolute Gasteiger partial charge is 0.392 e. The smallest absolute Gasteiger partial charge is 0.0681 e. The molecule has 0 radical (unpaired) electrons. The number of hydrogen-bond acceptors (Lipinski definition) is 4. The molecule has 1 atom stereocenters. The maximum atomic E-state index is 9.35. The first kappa shape index (κ1) is 17.9. The van der Waals surface area contributed by atoms with Crippen LogP contribution >= 0.6 is 0 Å². The van der Waals surface area contributed by atoms with E-state index in [1.165, 1.54) is 37.9 Å². The van der Waals surface area contributed by atoms with Crippen LogP contribution in [0.2, 0.25) is 0 Å². The topological polar surface area (TPSA) is 44.7 Å². The van der Waals surface area contributed by atoms with Gasteiger partial charge in [0.2, 0.25) is 0 Å². The van der Waals surface area contributed by atoms with Gasteiger partial charge in [0.1, 0.15) is 0 Å². The first-order chi connectivity index (χ1) is 11.7. The van der Waals surface area contributed by atoms with E-state index in [1.54, 1.807) is 0 Å². The number of likely N-dealkylation sites (tertiary alicyclic amines) is 1. The van der Waals surface area contributed by atoms with Gasteiger partial charge in [0.15, 0.2) is 0 Å². The SMILES string of the molecule is CC(NCC1(N2CCCCC2)CCOCC1)c1cccc(CO)c1. The van der Waals surface area contributed by atoms with Crippen LogP contribution in [0.4, 0.5) is 0 Å². The Labute approximate surface area is 146 Å². The van der Waals surface area contributed by atoms with E-state index in [1.807, 2.05) is 12.1 Å². The lowest BCUT2D eigenvalue weighted by molar-refractivity contribution is -0.0366. The molecule has 2 saturated heterocycles. The molecule has 2 aliphatic heterocycles. The Morgan fingerprint density at radius 1 is 1.21 bits per heavy atom. The monoisotopic (exact) mass is 332 g/mol. The summed E-state index contributed by atoms with van der Waals surface area (Å²) in [7, 11) is 0. The lowest BCUT2D eigenvalue weighted by Crippen LogP contribution is -2.59. The van der Waals surface area contributed by atoms with Crippen molar-refractivity contribution in [1.82, 2.24) is 10.2 Å². The highest BCUT2D eigenvalue weighted by atomic mass is 16.5. The number of aliphatic hydroxyl groups excluding tert-OH is 1. The number of piperidine rings is 1. The first-order valence-corrected chi connectivity index (χ1v) is 9.49. The summed E-state index contributed by atoms with van der Waals surface area (Å²) < 4.78 is 5.66. The van der Waals surface area contributed by atoms with Crippen molar-refractivity contribution in [1.29, 1.82) is 0 Å². The van der Waals surface area contributed by atoms with Gasteiger partial charge in [0, 0.05) is 31.3 Å². The zero-order chi connectivity index (χ0) is 16.8. The molecule has 24 heavy (non-hydrogen) atoms. The second-order valence-corrected chi connectivity index (χ2v) is 7.39. The summed E-state index contributed by atoms with van der Waals surface area (Å²) in [6, 6.07) is 8.56. The Morgan fingerprint density at radius 2 is 1.96 bits per heavy atom. The summed E-state index contributed by atoms with van der Waals surface area (Å²) in [4.78, 5) is 2.73. The van der Waals surface area contributed by atoms with Crippen LogP contribution in [0.25, 0.3) is 0 Å². The molecule has 2 aliphatic rings. The second-order valence-electron chi connectivity index (χ2n) is 7.39. The Bertz CT molecular complexity index is 508. The van der Waals surface area contributed by atoms with Crippen molar-refractivity contribution in [2.45, 2.75) is 57.2 Å². The standard InChI is InChI=1S/C20H32N2O2/c1-17(19-7-5-6-18(14-19)15-23)21-16-20(8-12-24-13-9-20)22-10-3-2-4-11-22/h5-7,14,17,21,23H,2-4,8-13,15-16H2,1H3. The van der Waals surface area contributed by atoms with E-state index < -0.39 is 0 Å². The van der Waals surface area contributed by atoms with Crippen molar-refractivity contribution in [3.05, 3.63) is 35.4 Å². The minimum Gasteiger partial charge on any atom is -0.392 e. The highest BCUT2D eigenvalue weighted by Crippen LogP contribution is 2.31. The number of nitrogens with one attached hydrogen (secondary N) is 1. The minimum atomic E-state index is 0.107. The van der Waals surface area contributed by atoms with E-state index in [-0.39, 0.29) is 12.1 Å². The van der Waals surface area contributed by atoms with E-state index in [2.05, 4.69) is 29.3 Å². The molecule has 2 fully saturated rings. The molecular formula is C20H32N2O2. The number of benzene rings is 1. The van der Waals surface area contributed by atoms with E-state index in [0.717, 1.165) is 38.2 Å². The van der Waals surface area contributed by atoms with Crippen LogP contribution in [0.5, 0.6) is 0 Å². The zero-order valence-corrected chi connectivity index (χ0v) is 15.0. The zero-order valence-electron chi connectivity index (χ0n) is 15.0. The average Bonchev–Trinajstić information content (AvgIpc) is 2.67. The molecule has 1 unspecified atom stereocenters. The molecule has 134 valence electrons. The van der Waals surface area contributed by atoms with Gasteiger partial charge in [-0.15, -0.1) is 0 Å². The van der Waals surface area contributed by atoms with Crippen molar-refractivity contribution < 1.29 is 9.84 Å². The third-order valence-electron chi connectivity index (χ3n) is 5.82. The maximum Gasteiger partial charge on any atom is 0.0681 e. The Morgan fingerprint density at radius 3 is 2.67 bits per heavy atom. The fourth-order valence-electron chi connectivity index (χ4n) is 4.15. The van der Waals surface area contributed by atoms with Gasteiger partial charge >= 0.3 is 0 Å². The van der Waals surface area contributed by atoms with Gasteiger partial charge in [-0.3, -0.25) is 4.90 Å². The molecule has 0 saturated carbocycles. The van der Waals surface area contributed by atoms with Gasteiger partial charge in [-0.1, -0.05) is 30.7 Å². The maximum absolute atomic E-state index is 9.35. The van der Waals surface area contributed by atoms with Crippen LogP contribution in [0.15, 0.2) is 24.3 Å². The van der Waals surface area contributed by atoms with Gasteiger partial charge in [-0.2, -0.15) is 0 Å². The predicted molar refractivity (Wildman–Crippen MR) is 97.0 cm³/mol. The lowest BCUT2D eigenvalue weighted by Gasteiger charge is -2.48. The molecule has 4 heteroatoms. The minimum absolute atomic E-state index is 0.107. The van der Waals surface area contributed by atoms with Gasteiger partial charge < -0.3 is 15.2 Å². The quantitative estimate of drug-likeness (QED) is 0.841. The van der Waals surface area contributed by atoms with Crippen LogP contribution in [0, 0.1) is 0 Å². The van der Waals surface area contributed by atoms with E-state index >= 15 is 0 Å². The Kier molecular flexibility index (Phi) is 6.28. The van der Waals surface area contributed by atoms with Crippen LogP contribution in [-0.2, 0) is 11.3 Å². The number of nitrogens with zero attached hydrogens (tertiary/aromatic N) is 1. The van der Waals surface area contributed by atoms with Crippen LogP contribution < -0.4 is 5.32 Å².